The van der Waals surface area contributed by atoms with Gasteiger partial charge in [0.25, 0.3) is 5.91 Å². The van der Waals surface area contributed by atoms with Crippen LogP contribution >= 0.6 is 39.1 Å². The van der Waals surface area contributed by atoms with Crippen LogP contribution in [0.15, 0.2) is 65.1 Å². The first-order valence-electron chi connectivity index (χ1n) is 10.8. The highest BCUT2D eigenvalue weighted by atomic mass is 79.9. The minimum atomic E-state index is -1.05. The number of ether oxygens (including phenoxy) is 1. The SMILES string of the molecule is CCOc1cc([C@H]2[C@H]3C(=O)N(c4ccc(Cl)c(Cl)c4)C(=O)[C@H]3ON2c2ccccc2)cc(Br)c1O. The maximum absolute atomic E-state index is 13.7. The zero-order valence-electron chi connectivity index (χ0n) is 18.3. The van der Waals surface area contributed by atoms with Gasteiger partial charge in [0.2, 0.25) is 5.91 Å². The van der Waals surface area contributed by atoms with Crippen molar-refractivity contribution in [2.24, 2.45) is 5.92 Å². The van der Waals surface area contributed by atoms with Crippen LogP contribution in [-0.4, -0.2) is 29.6 Å². The molecule has 0 radical (unpaired) electrons. The van der Waals surface area contributed by atoms with Gasteiger partial charge in [0, 0.05) is 0 Å². The quantitative estimate of drug-likeness (QED) is 0.380. The Labute approximate surface area is 219 Å². The number of carbonyl (C=O) groups is 2. The number of nitrogens with zero attached hydrogens (tertiary/aromatic N) is 2. The maximum atomic E-state index is 13.7. The minimum absolute atomic E-state index is 0.0522. The third-order valence-corrected chi connectivity index (χ3v) is 7.32. The van der Waals surface area contributed by atoms with Crippen LogP contribution in [0.3, 0.4) is 0 Å². The van der Waals surface area contributed by atoms with E-state index >= 15 is 0 Å². The van der Waals surface area contributed by atoms with E-state index in [1.54, 1.807) is 30.2 Å². The molecule has 0 spiro atoms. The summed E-state index contributed by atoms with van der Waals surface area (Å²) in [6, 6.07) is 16.5. The van der Waals surface area contributed by atoms with Gasteiger partial charge >= 0.3 is 0 Å². The molecule has 2 heterocycles. The Kier molecular flexibility index (Phi) is 6.40. The van der Waals surface area contributed by atoms with E-state index in [-0.39, 0.29) is 16.5 Å². The first kappa shape index (κ1) is 23.9. The number of fused-ring (bicyclic) bond motifs is 1. The molecule has 3 aromatic carbocycles. The predicted octanol–water partition coefficient (Wildman–Crippen LogP) is 5.91. The molecule has 35 heavy (non-hydrogen) atoms. The number of para-hydroxylation sites is 1. The van der Waals surface area contributed by atoms with E-state index < -0.39 is 29.9 Å². The molecule has 7 nitrogen and oxygen atoms in total. The van der Waals surface area contributed by atoms with Gasteiger partial charge in [-0.3, -0.25) is 14.4 Å². The number of imide groups is 1. The highest BCUT2D eigenvalue weighted by Crippen LogP contribution is 2.50. The van der Waals surface area contributed by atoms with Crippen molar-refractivity contribution in [1.82, 2.24) is 0 Å². The van der Waals surface area contributed by atoms with E-state index in [9.17, 15) is 14.7 Å². The summed E-state index contributed by atoms with van der Waals surface area (Å²) in [5, 5.41) is 12.6. The van der Waals surface area contributed by atoms with Crippen LogP contribution in [0.1, 0.15) is 18.5 Å². The van der Waals surface area contributed by atoms with E-state index in [1.807, 2.05) is 30.3 Å². The molecule has 2 amide bonds. The van der Waals surface area contributed by atoms with Gasteiger partial charge in [-0.1, -0.05) is 41.4 Å². The molecule has 0 bridgehead atoms. The van der Waals surface area contributed by atoms with Gasteiger partial charge in [0.05, 0.1) is 38.5 Å². The molecule has 3 aromatic rings. The topological polar surface area (TPSA) is 79.3 Å². The molecule has 0 unspecified atom stereocenters. The molecule has 0 aromatic heterocycles. The van der Waals surface area contributed by atoms with Crippen LogP contribution < -0.4 is 14.7 Å². The Hall–Kier alpha value is -2.78. The molecule has 0 saturated carbocycles. The first-order valence-corrected chi connectivity index (χ1v) is 12.4. The van der Waals surface area contributed by atoms with E-state index in [1.165, 1.54) is 12.1 Å². The molecule has 1 N–H and O–H groups in total. The lowest BCUT2D eigenvalue weighted by molar-refractivity contribution is -0.126. The normalized spacial score (nSPS) is 21.5. The van der Waals surface area contributed by atoms with Crippen LogP contribution in [0.2, 0.25) is 10.0 Å². The van der Waals surface area contributed by atoms with E-state index in [4.69, 9.17) is 32.8 Å². The van der Waals surface area contributed by atoms with Crippen molar-refractivity contribution < 1.29 is 24.3 Å². The number of benzene rings is 3. The van der Waals surface area contributed by atoms with Crippen molar-refractivity contribution in [3.63, 3.8) is 0 Å². The van der Waals surface area contributed by atoms with Gasteiger partial charge < -0.3 is 9.84 Å². The standard InChI is InChI=1S/C25H19BrCl2N2O5/c1-2-34-19-11-13(10-16(26)22(19)31)21-20-23(35-30(21)14-6-4-3-5-7-14)25(33)29(24(20)32)15-8-9-17(27)18(28)12-15/h3-12,20-21,23,31H,2H2,1H3/t20-,21+,23+/m1/s1. The van der Waals surface area contributed by atoms with Crippen molar-refractivity contribution in [3.05, 3.63) is 80.7 Å². The Morgan fingerprint density at radius 3 is 2.43 bits per heavy atom. The number of carbonyl (C=O) groups excluding carboxylic acids is 2. The lowest BCUT2D eigenvalue weighted by Crippen LogP contribution is -2.37. The van der Waals surface area contributed by atoms with Gasteiger partial charge in [0.15, 0.2) is 17.6 Å². The molecule has 3 atom stereocenters. The number of hydroxylamine groups is 1. The lowest BCUT2D eigenvalue weighted by Gasteiger charge is -2.29. The fraction of sp³-hybridized carbons (Fsp3) is 0.200. The molecule has 5 rings (SSSR count). The Morgan fingerprint density at radius 1 is 1.00 bits per heavy atom. The summed E-state index contributed by atoms with van der Waals surface area (Å²) in [5.41, 5.74) is 1.63. The summed E-state index contributed by atoms with van der Waals surface area (Å²) < 4.78 is 6.00. The monoisotopic (exact) mass is 576 g/mol. The average Bonchev–Trinajstić information content (AvgIpc) is 3.35. The van der Waals surface area contributed by atoms with Crippen LogP contribution in [-0.2, 0) is 14.4 Å². The number of anilines is 2. The Balaban J connectivity index is 1.62. The van der Waals surface area contributed by atoms with Crippen LogP contribution in [0.25, 0.3) is 0 Å². The molecule has 10 heteroatoms. The second-order valence-electron chi connectivity index (χ2n) is 8.05. The van der Waals surface area contributed by atoms with Crippen LogP contribution in [0.4, 0.5) is 11.4 Å². The van der Waals surface area contributed by atoms with E-state index in [0.29, 0.717) is 33.0 Å². The number of hydrogen-bond donors (Lipinski definition) is 1. The zero-order valence-corrected chi connectivity index (χ0v) is 21.4. The van der Waals surface area contributed by atoms with Crippen LogP contribution in [0, 0.1) is 5.92 Å². The summed E-state index contributed by atoms with van der Waals surface area (Å²) in [6.07, 6.45) is -1.05. The van der Waals surface area contributed by atoms with Gasteiger partial charge in [-0.2, -0.15) is 0 Å². The summed E-state index contributed by atoms with van der Waals surface area (Å²) in [7, 11) is 0. The van der Waals surface area contributed by atoms with Gasteiger partial charge in [-0.25, -0.2) is 9.96 Å². The number of aromatic hydroxyl groups is 1. The van der Waals surface area contributed by atoms with Crippen molar-refractivity contribution in [2.75, 3.05) is 16.6 Å². The van der Waals surface area contributed by atoms with Gasteiger partial charge in [-0.15, -0.1) is 0 Å². The second kappa shape index (κ2) is 9.35. The summed E-state index contributed by atoms with van der Waals surface area (Å²) >= 11 is 15.6. The molecular formula is C25H19BrCl2N2O5. The summed E-state index contributed by atoms with van der Waals surface area (Å²) in [6.45, 7) is 2.14. The fourth-order valence-electron chi connectivity index (χ4n) is 4.46. The number of hydrogen-bond acceptors (Lipinski definition) is 6. The molecular weight excluding hydrogens is 559 g/mol. The molecule has 2 fully saturated rings. The number of phenols is 1. The minimum Gasteiger partial charge on any atom is -0.503 e. The molecule has 0 aliphatic carbocycles. The van der Waals surface area contributed by atoms with Crippen molar-refractivity contribution in [1.29, 1.82) is 0 Å². The van der Waals surface area contributed by atoms with Gasteiger partial charge in [-0.05, 0) is 70.9 Å². The Morgan fingerprint density at radius 2 is 1.74 bits per heavy atom. The molecule has 2 saturated heterocycles. The summed E-state index contributed by atoms with van der Waals surface area (Å²) in [5.74, 6) is -1.58. The largest absolute Gasteiger partial charge is 0.503 e. The summed E-state index contributed by atoms with van der Waals surface area (Å²) in [4.78, 5) is 34.4. The number of amides is 2. The van der Waals surface area contributed by atoms with Crippen molar-refractivity contribution in [3.8, 4) is 11.5 Å². The Bertz CT molecular complexity index is 1320. The highest BCUT2D eigenvalue weighted by Gasteiger charge is 2.60. The number of phenolic OH excluding ortho intramolecular Hbond substituents is 1. The average molecular weight is 578 g/mol. The lowest BCUT2D eigenvalue weighted by atomic mass is 9.90. The van der Waals surface area contributed by atoms with Crippen LogP contribution in [0.5, 0.6) is 11.5 Å². The van der Waals surface area contributed by atoms with E-state index in [0.717, 1.165) is 4.90 Å². The molecule has 2 aliphatic rings. The maximum Gasteiger partial charge on any atom is 0.266 e. The third-order valence-electron chi connectivity index (χ3n) is 5.98. The highest BCUT2D eigenvalue weighted by molar-refractivity contribution is 9.10. The molecule has 180 valence electrons. The van der Waals surface area contributed by atoms with E-state index in [2.05, 4.69) is 15.9 Å². The first-order chi connectivity index (χ1) is 16.8. The van der Waals surface area contributed by atoms with Crippen molar-refractivity contribution in [2.45, 2.75) is 19.1 Å². The van der Waals surface area contributed by atoms with Crippen molar-refractivity contribution >= 4 is 62.3 Å². The van der Waals surface area contributed by atoms with Gasteiger partial charge in [0.1, 0.15) is 5.92 Å². The molecule has 2 aliphatic heterocycles. The third kappa shape index (κ3) is 4.04. The number of rotatable bonds is 5. The second-order valence-corrected chi connectivity index (χ2v) is 9.72. The smallest absolute Gasteiger partial charge is 0.266 e. The zero-order chi connectivity index (χ0) is 24.9. The number of halogens is 3. The predicted molar refractivity (Wildman–Crippen MR) is 136 cm³/mol. The fourth-order valence-corrected chi connectivity index (χ4v) is 5.21.